The van der Waals surface area contributed by atoms with Crippen LogP contribution in [0.1, 0.15) is 37.9 Å². The van der Waals surface area contributed by atoms with Crippen molar-refractivity contribution in [3.63, 3.8) is 0 Å². The van der Waals surface area contributed by atoms with Gasteiger partial charge in [-0.25, -0.2) is 2.70 Å². The zero-order chi connectivity index (χ0) is 16.1. The summed E-state index contributed by atoms with van der Waals surface area (Å²) in [4.78, 5) is 7.15. The molecule has 1 aromatic heterocycles. The zero-order valence-corrected chi connectivity index (χ0v) is 16.0. The van der Waals surface area contributed by atoms with E-state index in [-0.39, 0.29) is 0 Å². The van der Waals surface area contributed by atoms with Gasteiger partial charge in [-0.2, -0.15) is 0 Å². The van der Waals surface area contributed by atoms with Crippen LogP contribution >= 0.6 is 22.9 Å². The fourth-order valence-corrected chi connectivity index (χ4v) is 3.70. The minimum atomic E-state index is 0.334. The van der Waals surface area contributed by atoms with Gasteiger partial charge in [-0.05, 0) is 30.5 Å². The van der Waals surface area contributed by atoms with E-state index < -0.39 is 0 Å². The van der Waals surface area contributed by atoms with Gasteiger partial charge in [-0.15, -0.1) is 0 Å². The Hall–Kier alpha value is -1.14. The van der Waals surface area contributed by atoms with Crippen molar-refractivity contribution in [2.24, 2.45) is 0 Å². The summed E-state index contributed by atoms with van der Waals surface area (Å²) < 4.78 is 0.798. The van der Waals surface area contributed by atoms with E-state index in [1.165, 1.54) is 22.6 Å². The Morgan fingerprint density at radius 3 is 2.55 bits per heavy atom. The Morgan fingerprint density at radius 2 is 1.91 bits per heavy atom. The zero-order valence-electron chi connectivity index (χ0n) is 13.8. The van der Waals surface area contributed by atoms with Gasteiger partial charge in [0, 0.05) is 18.3 Å². The average molecular weight is 408 g/mol. The van der Waals surface area contributed by atoms with Crippen molar-refractivity contribution in [3.05, 3.63) is 47.8 Å². The number of aromatic nitrogens is 1. The highest BCUT2D eigenvalue weighted by Gasteiger charge is 2.46. The van der Waals surface area contributed by atoms with Crippen LogP contribution < -0.4 is 7.60 Å². The highest BCUT2D eigenvalue weighted by atomic mass is 127. The molecule has 1 aliphatic heterocycles. The summed E-state index contributed by atoms with van der Waals surface area (Å²) in [6.07, 6.45) is 2.40. The van der Waals surface area contributed by atoms with Crippen LogP contribution in [0.15, 0.2) is 36.5 Å². The normalized spacial score (nSPS) is 24.0. The highest BCUT2D eigenvalue weighted by Crippen LogP contribution is 2.50. The van der Waals surface area contributed by atoms with Gasteiger partial charge in [0.15, 0.2) is 11.9 Å². The molecule has 0 saturated heterocycles. The van der Waals surface area contributed by atoms with Crippen LogP contribution in [-0.2, 0) is 0 Å². The lowest BCUT2D eigenvalue weighted by Gasteiger charge is -2.30. The summed E-state index contributed by atoms with van der Waals surface area (Å²) in [5, 5.41) is 0. The van der Waals surface area contributed by atoms with Crippen molar-refractivity contribution in [1.82, 2.24) is 7.68 Å². The minimum absolute atomic E-state index is 0.334. The summed E-state index contributed by atoms with van der Waals surface area (Å²) in [7, 11) is 2.25. The first-order valence-electron chi connectivity index (χ1n) is 7.75. The maximum absolute atomic E-state index is 4.68. The first-order chi connectivity index (χ1) is 10.3. The van der Waals surface area contributed by atoms with Crippen LogP contribution in [0.2, 0.25) is 0 Å². The van der Waals surface area contributed by atoms with E-state index in [1.54, 1.807) is 0 Å². The Kier molecular flexibility index (Phi) is 3.93. The molecule has 2 aromatic rings. The van der Waals surface area contributed by atoms with Crippen LogP contribution in [0.4, 0.5) is 17.1 Å². The second-order valence-electron chi connectivity index (χ2n) is 6.50. The maximum atomic E-state index is 4.68. The van der Waals surface area contributed by atoms with E-state index in [9.17, 15) is 0 Å². The molecule has 0 N–H and O–H groups in total. The Labute approximate surface area is 147 Å². The predicted octanol–water partition coefficient (Wildman–Crippen LogP) is 5.30. The first kappa shape index (κ1) is 15.7. The molecule has 2 heterocycles. The Morgan fingerprint density at radius 1 is 1.23 bits per heavy atom. The highest BCUT2D eigenvalue weighted by molar-refractivity contribution is 14.1. The quantitative estimate of drug-likeness (QED) is 0.495. The van der Waals surface area contributed by atoms with Crippen LogP contribution in [0.3, 0.4) is 0 Å². The van der Waals surface area contributed by atoms with Crippen LogP contribution in [-0.4, -0.2) is 18.2 Å². The average Bonchev–Trinajstić information content (AvgIpc) is 2.67. The number of quaternary nitrogens is 1. The number of hydrogen-bond donors (Lipinski definition) is 0. The van der Waals surface area contributed by atoms with Crippen molar-refractivity contribution >= 4 is 39.9 Å². The monoisotopic (exact) mass is 408 g/mol. The molecule has 0 spiro atoms. The van der Waals surface area contributed by atoms with Crippen molar-refractivity contribution in [2.75, 3.05) is 11.9 Å². The van der Waals surface area contributed by atoms with E-state index in [0.29, 0.717) is 12.1 Å². The fraction of sp³-hybridized carbons (Fsp3) is 0.389. The van der Waals surface area contributed by atoms with Gasteiger partial charge in [-0.3, -0.25) is 9.88 Å². The van der Waals surface area contributed by atoms with E-state index in [4.69, 9.17) is 0 Å². The molecule has 0 radical (unpaired) electrons. The number of benzene rings is 1. The van der Waals surface area contributed by atoms with E-state index >= 15 is 0 Å². The largest absolute Gasteiger partial charge is 0.285 e. The summed E-state index contributed by atoms with van der Waals surface area (Å²) in [5.41, 5.74) is 6.32. The molecular formula is C18H23IN3+. The third kappa shape index (κ3) is 2.33. The molecule has 4 heteroatoms. The predicted molar refractivity (Wildman–Crippen MR) is 103 cm³/mol. The molecule has 0 amide bonds. The van der Waals surface area contributed by atoms with E-state index in [2.05, 4.69) is 104 Å². The summed E-state index contributed by atoms with van der Waals surface area (Å²) in [5.74, 6) is 0.438. The van der Waals surface area contributed by atoms with Gasteiger partial charge in [0.25, 0.3) is 22.9 Å². The summed E-state index contributed by atoms with van der Waals surface area (Å²) in [6.45, 7) is 8.86. The number of nitrogens with zero attached hydrogens (tertiary/aromatic N) is 3. The lowest BCUT2D eigenvalue weighted by Crippen LogP contribution is -2.45. The minimum Gasteiger partial charge on any atom is -0.285 e. The maximum Gasteiger partial charge on any atom is 0.256 e. The Bertz CT molecular complexity index is 709. The van der Waals surface area contributed by atoms with Crippen molar-refractivity contribution in [3.8, 4) is 0 Å². The van der Waals surface area contributed by atoms with Gasteiger partial charge >= 0.3 is 0 Å². The van der Waals surface area contributed by atoms with Crippen molar-refractivity contribution in [2.45, 2.75) is 39.8 Å². The first-order valence-corrected chi connectivity index (χ1v) is 8.71. The molecule has 0 bridgehead atoms. The van der Waals surface area contributed by atoms with Crippen LogP contribution in [0.5, 0.6) is 0 Å². The second kappa shape index (κ2) is 5.49. The lowest BCUT2D eigenvalue weighted by atomic mass is 10.1. The number of para-hydroxylation sites is 1. The molecule has 116 valence electrons. The van der Waals surface area contributed by atoms with E-state index in [1.807, 2.05) is 0 Å². The smallest absolute Gasteiger partial charge is 0.256 e. The van der Waals surface area contributed by atoms with Crippen molar-refractivity contribution < 1.29 is 0 Å². The van der Waals surface area contributed by atoms with Crippen LogP contribution in [0, 0.1) is 6.92 Å². The van der Waals surface area contributed by atoms with Crippen LogP contribution in [0.25, 0.3) is 0 Å². The molecule has 22 heavy (non-hydrogen) atoms. The van der Waals surface area contributed by atoms with Gasteiger partial charge in [0.05, 0.1) is 13.2 Å². The number of anilines is 2. The Balaban J connectivity index is 2.22. The van der Waals surface area contributed by atoms with Gasteiger partial charge in [-0.1, -0.05) is 32.0 Å². The third-order valence-electron chi connectivity index (χ3n) is 4.66. The van der Waals surface area contributed by atoms with Gasteiger partial charge in [0.2, 0.25) is 0 Å². The molecule has 1 aliphatic rings. The summed E-state index contributed by atoms with van der Waals surface area (Å²) in [6, 6.07) is 10.9. The second-order valence-corrected chi connectivity index (χ2v) is 8.51. The molecule has 0 saturated carbocycles. The molecule has 0 fully saturated rings. The SMILES string of the molecule is Cc1ccccc1N1c2cc(C(C)C)ncc2[N+](C)(I)[C@@H]1C. The molecular weight excluding hydrogens is 385 g/mol. The number of rotatable bonds is 2. The fourth-order valence-electron chi connectivity index (χ4n) is 3.08. The number of pyridine rings is 1. The molecule has 3 rings (SSSR count). The van der Waals surface area contributed by atoms with Crippen molar-refractivity contribution in [1.29, 1.82) is 0 Å². The van der Waals surface area contributed by atoms with Gasteiger partial charge in [0.1, 0.15) is 5.69 Å². The molecule has 0 aliphatic carbocycles. The third-order valence-corrected chi connectivity index (χ3v) is 5.98. The summed E-state index contributed by atoms with van der Waals surface area (Å²) >= 11 is 2.52. The lowest BCUT2D eigenvalue weighted by molar-refractivity contribution is 0.496. The van der Waals surface area contributed by atoms with E-state index in [0.717, 1.165) is 8.39 Å². The number of aryl methyl sites for hydroxylation is 1. The molecule has 2 atom stereocenters. The topological polar surface area (TPSA) is 16.1 Å². The standard InChI is InChI=1S/C18H23IN3/c1-12(2)15-10-17-18(11-20-15)22(5,19)14(4)21(17)16-9-7-6-8-13(16)3/h6-12,14H,1-5H3/q+1/t14-,22?/m1/s1. The number of halogens is 1. The number of fused-ring (bicyclic) bond motifs is 1. The molecule has 1 unspecified atom stereocenters. The molecule has 1 aromatic carbocycles. The molecule has 3 nitrogen and oxygen atoms in total. The van der Waals surface area contributed by atoms with Gasteiger partial charge < -0.3 is 0 Å². The number of hydrogen-bond acceptors (Lipinski definition) is 2.